The number of carbonyl (C=O) groups excluding carboxylic acids is 1. The van der Waals surface area contributed by atoms with E-state index >= 15 is 0 Å². The quantitative estimate of drug-likeness (QED) is 0.728. The summed E-state index contributed by atoms with van der Waals surface area (Å²) in [5.41, 5.74) is 1.61. The molecule has 24 heavy (non-hydrogen) atoms. The number of nitrogens with zero attached hydrogens (tertiary/aromatic N) is 6. The molecule has 8 nitrogen and oxygen atoms in total. The van der Waals surface area contributed by atoms with Gasteiger partial charge in [-0.25, -0.2) is 15.0 Å². The fourth-order valence-electron chi connectivity index (χ4n) is 2.14. The Morgan fingerprint density at radius 1 is 1.33 bits per heavy atom. The van der Waals surface area contributed by atoms with Crippen LogP contribution in [0.3, 0.4) is 0 Å². The SMILES string of the molecule is CCc1nc(-c2ncccn2)sc1C(=O)NCCn1cc(C)nn1. The number of aromatic nitrogens is 6. The number of hydrogen-bond donors (Lipinski definition) is 1. The van der Waals surface area contributed by atoms with Gasteiger partial charge in [-0.15, -0.1) is 16.4 Å². The van der Waals surface area contributed by atoms with Crippen LogP contribution < -0.4 is 5.32 Å². The molecule has 0 aromatic carbocycles. The van der Waals surface area contributed by atoms with Gasteiger partial charge >= 0.3 is 0 Å². The van der Waals surface area contributed by atoms with Crippen LogP contribution in [0.25, 0.3) is 10.8 Å². The van der Waals surface area contributed by atoms with Crippen LogP contribution in [0.5, 0.6) is 0 Å². The molecule has 124 valence electrons. The minimum atomic E-state index is -0.136. The summed E-state index contributed by atoms with van der Waals surface area (Å²) in [4.78, 5) is 25.9. The van der Waals surface area contributed by atoms with E-state index in [-0.39, 0.29) is 5.91 Å². The Labute approximate surface area is 143 Å². The topological polar surface area (TPSA) is 98.5 Å². The number of carbonyl (C=O) groups is 1. The molecule has 9 heteroatoms. The van der Waals surface area contributed by atoms with Gasteiger partial charge in [0.2, 0.25) is 0 Å². The van der Waals surface area contributed by atoms with E-state index in [1.165, 1.54) is 11.3 Å². The number of rotatable bonds is 6. The average molecular weight is 343 g/mol. The monoisotopic (exact) mass is 343 g/mol. The number of nitrogens with one attached hydrogen (secondary N) is 1. The van der Waals surface area contributed by atoms with E-state index in [0.29, 0.717) is 35.2 Å². The van der Waals surface area contributed by atoms with Gasteiger partial charge in [0.15, 0.2) is 10.8 Å². The van der Waals surface area contributed by atoms with Crippen molar-refractivity contribution in [2.24, 2.45) is 0 Å². The molecule has 0 radical (unpaired) electrons. The Hall–Kier alpha value is -2.68. The standard InChI is InChI=1S/C15H17N7OS/c1-3-11-12(24-15(19-11)13-16-5-4-6-17-13)14(23)18-7-8-22-9-10(2)20-21-22/h4-6,9H,3,7-8H2,1-2H3,(H,18,23). The van der Waals surface area contributed by atoms with Gasteiger partial charge in [-0.1, -0.05) is 12.1 Å². The summed E-state index contributed by atoms with van der Waals surface area (Å²) in [6, 6.07) is 1.75. The second-order valence-corrected chi connectivity index (χ2v) is 6.10. The van der Waals surface area contributed by atoms with Crippen molar-refractivity contribution in [2.75, 3.05) is 6.54 Å². The summed E-state index contributed by atoms with van der Waals surface area (Å²) in [6.45, 7) is 4.89. The smallest absolute Gasteiger partial charge is 0.263 e. The van der Waals surface area contributed by atoms with E-state index in [2.05, 4.69) is 30.6 Å². The normalized spacial score (nSPS) is 10.8. The number of amides is 1. The first-order valence-electron chi connectivity index (χ1n) is 7.59. The summed E-state index contributed by atoms with van der Waals surface area (Å²) in [5, 5.41) is 11.4. The van der Waals surface area contributed by atoms with Crippen molar-refractivity contribution in [1.29, 1.82) is 0 Å². The zero-order valence-corrected chi connectivity index (χ0v) is 14.2. The molecule has 0 spiro atoms. The van der Waals surface area contributed by atoms with Crippen molar-refractivity contribution in [2.45, 2.75) is 26.8 Å². The molecule has 1 amide bonds. The molecule has 3 heterocycles. The van der Waals surface area contributed by atoms with Crippen molar-refractivity contribution in [3.05, 3.63) is 40.9 Å². The van der Waals surface area contributed by atoms with Crippen LogP contribution in [0.1, 0.15) is 28.0 Å². The molecule has 0 atom stereocenters. The third kappa shape index (κ3) is 3.62. The molecule has 0 aliphatic heterocycles. The fourth-order valence-corrected chi connectivity index (χ4v) is 3.16. The third-order valence-electron chi connectivity index (χ3n) is 3.28. The van der Waals surface area contributed by atoms with Crippen molar-refractivity contribution >= 4 is 17.2 Å². The van der Waals surface area contributed by atoms with Gasteiger partial charge < -0.3 is 5.32 Å². The van der Waals surface area contributed by atoms with Crippen LogP contribution in [0.2, 0.25) is 0 Å². The Bertz CT molecular complexity index is 827. The van der Waals surface area contributed by atoms with Gasteiger partial charge in [-0.05, 0) is 19.4 Å². The van der Waals surface area contributed by atoms with Crippen LogP contribution in [0, 0.1) is 6.92 Å². The van der Waals surface area contributed by atoms with Crippen LogP contribution >= 0.6 is 11.3 Å². The van der Waals surface area contributed by atoms with Crippen molar-refractivity contribution < 1.29 is 4.79 Å². The van der Waals surface area contributed by atoms with Crippen LogP contribution in [-0.2, 0) is 13.0 Å². The van der Waals surface area contributed by atoms with E-state index in [1.54, 1.807) is 23.1 Å². The summed E-state index contributed by atoms with van der Waals surface area (Å²) in [7, 11) is 0. The molecule has 0 bridgehead atoms. The summed E-state index contributed by atoms with van der Waals surface area (Å²) in [5.74, 6) is 0.401. The largest absolute Gasteiger partial charge is 0.349 e. The molecular weight excluding hydrogens is 326 g/mol. The van der Waals surface area contributed by atoms with Crippen LogP contribution in [-0.4, -0.2) is 42.4 Å². The minimum absolute atomic E-state index is 0.136. The predicted molar refractivity (Wildman–Crippen MR) is 89.6 cm³/mol. The predicted octanol–water partition coefficient (Wildman–Crippen LogP) is 1.49. The van der Waals surface area contributed by atoms with E-state index in [9.17, 15) is 4.79 Å². The highest BCUT2D eigenvalue weighted by Gasteiger charge is 2.18. The molecule has 0 unspecified atom stereocenters. The van der Waals surface area contributed by atoms with Gasteiger partial charge in [0.05, 0.1) is 17.9 Å². The molecule has 0 aliphatic carbocycles. The number of hydrogen-bond acceptors (Lipinski definition) is 7. The van der Waals surface area contributed by atoms with Crippen molar-refractivity contribution in [3.63, 3.8) is 0 Å². The maximum absolute atomic E-state index is 12.4. The lowest BCUT2D eigenvalue weighted by Crippen LogP contribution is -2.27. The van der Waals surface area contributed by atoms with Gasteiger partial charge in [-0.2, -0.15) is 0 Å². The Morgan fingerprint density at radius 2 is 2.12 bits per heavy atom. The van der Waals surface area contributed by atoms with Crippen molar-refractivity contribution in [3.8, 4) is 10.8 Å². The maximum atomic E-state index is 12.4. The second-order valence-electron chi connectivity index (χ2n) is 5.10. The zero-order valence-electron chi connectivity index (χ0n) is 13.4. The zero-order chi connectivity index (χ0) is 16.9. The van der Waals surface area contributed by atoms with E-state index in [1.807, 2.05) is 20.0 Å². The second kappa shape index (κ2) is 7.26. The molecular formula is C15H17N7OS. The Morgan fingerprint density at radius 3 is 2.79 bits per heavy atom. The van der Waals surface area contributed by atoms with E-state index in [0.717, 1.165) is 11.4 Å². The van der Waals surface area contributed by atoms with Crippen molar-refractivity contribution in [1.82, 2.24) is 35.3 Å². The fraction of sp³-hybridized carbons (Fsp3) is 0.333. The first kappa shape index (κ1) is 16.2. The number of thiazole rings is 1. The van der Waals surface area contributed by atoms with E-state index in [4.69, 9.17) is 0 Å². The molecule has 0 saturated carbocycles. The molecule has 3 rings (SSSR count). The molecule has 1 N–H and O–H groups in total. The minimum Gasteiger partial charge on any atom is -0.349 e. The molecule has 0 aliphatic rings. The lowest BCUT2D eigenvalue weighted by Gasteiger charge is -2.04. The molecule has 0 fully saturated rings. The van der Waals surface area contributed by atoms with Gasteiger partial charge in [0.1, 0.15) is 4.88 Å². The molecule has 3 aromatic rings. The maximum Gasteiger partial charge on any atom is 0.263 e. The number of aryl methyl sites for hydroxylation is 2. The van der Waals surface area contributed by atoms with Gasteiger partial charge in [0, 0.05) is 25.1 Å². The van der Waals surface area contributed by atoms with Gasteiger partial charge in [0.25, 0.3) is 5.91 Å². The van der Waals surface area contributed by atoms with Gasteiger partial charge in [-0.3, -0.25) is 9.48 Å². The molecule has 3 aromatic heterocycles. The van der Waals surface area contributed by atoms with Crippen LogP contribution in [0.4, 0.5) is 0 Å². The average Bonchev–Trinajstić information content (AvgIpc) is 3.22. The molecule has 0 saturated heterocycles. The summed E-state index contributed by atoms with van der Waals surface area (Å²) < 4.78 is 1.70. The first-order chi connectivity index (χ1) is 11.7. The summed E-state index contributed by atoms with van der Waals surface area (Å²) in [6.07, 6.45) is 5.83. The lowest BCUT2D eigenvalue weighted by atomic mass is 10.3. The van der Waals surface area contributed by atoms with Crippen LogP contribution in [0.15, 0.2) is 24.7 Å². The lowest BCUT2D eigenvalue weighted by molar-refractivity contribution is 0.0955. The Balaban J connectivity index is 1.68. The van der Waals surface area contributed by atoms with E-state index < -0.39 is 0 Å². The highest BCUT2D eigenvalue weighted by molar-refractivity contribution is 7.17. The first-order valence-corrected chi connectivity index (χ1v) is 8.41. The third-order valence-corrected chi connectivity index (χ3v) is 4.37. The summed E-state index contributed by atoms with van der Waals surface area (Å²) >= 11 is 1.31. The highest BCUT2D eigenvalue weighted by atomic mass is 32.1. The Kier molecular flexibility index (Phi) is 4.90. The highest BCUT2D eigenvalue weighted by Crippen LogP contribution is 2.25.